The summed E-state index contributed by atoms with van der Waals surface area (Å²) < 4.78 is 5.70. The van der Waals surface area contributed by atoms with Crippen molar-refractivity contribution < 1.29 is 9.52 Å². The monoisotopic (exact) mass is 368 g/mol. The van der Waals surface area contributed by atoms with Gasteiger partial charge in [-0.2, -0.15) is 0 Å². The van der Waals surface area contributed by atoms with Crippen LogP contribution >= 0.6 is 23.4 Å². The van der Waals surface area contributed by atoms with Gasteiger partial charge in [-0.3, -0.25) is 0 Å². The summed E-state index contributed by atoms with van der Waals surface area (Å²) in [5, 5.41) is 21.5. The quantitative estimate of drug-likeness (QED) is 0.479. The third kappa shape index (κ3) is 3.34. The minimum absolute atomic E-state index is 0.116. The lowest BCUT2D eigenvalue weighted by Crippen LogP contribution is -1.81. The van der Waals surface area contributed by atoms with Crippen LogP contribution in [0.3, 0.4) is 0 Å². The Balaban J connectivity index is 1.59. The van der Waals surface area contributed by atoms with Gasteiger partial charge in [0.05, 0.1) is 5.56 Å². The number of phenolic OH excluding ortho intramolecular Hbond substituents is 1. The van der Waals surface area contributed by atoms with Crippen LogP contribution in [0.15, 0.2) is 70.3 Å². The second-order valence-corrected chi connectivity index (χ2v) is 6.80. The van der Waals surface area contributed by atoms with Gasteiger partial charge in [0.1, 0.15) is 5.75 Å². The van der Waals surface area contributed by atoms with Gasteiger partial charge in [0, 0.05) is 10.8 Å². The van der Waals surface area contributed by atoms with E-state index in [-0.39, 0.29) is 5.75 Å². The zero-order valence-corrected chi connectivity index (χ0v) is 14.6. The summed E-state index contributed by atoms with van der Waals surface area (Å²) in [7, 11) is 0. The summed E-state index contributed by atoms with van der Waals surface area (Å²) in [6.07, 6.45) is 0. The molecule has 4 aromatic rings. The molecule has 0 aliphatic heterocycles. The van der Waals surface area contributed by atoms with Crippen LogP contribution < -0.4 is 0 Å². The molecular formula is C19H13ClN2O2S. The van der Waals surface area contributed by atoms with Gasteiger partial charge in [-0.25, -0.2) is 0 Å². The third-order valence-electron chi connectivity index (χ3n) is 3.81. The molecule has 3 aromatic carbocycles. The second-order valence-electron chi connectivity index (χ2n) is 5.47. The van der Waals surface area contributed by atoms with Crippen LogP contribution in [-0.4, -0.2) is 15.3 Å². The van der Waals surface area contributed by atoms with Gasteiger partial charge < -0.3 is 9.52 Å². The van der Waals surface area contributed by atoms with Crippen molar-refractivity contribution in [1.82, 2.24) is 10.2 Å². The molecule has 0 aliphatic carbocycles. The summed E-state index contributed by atoms with van der Waals surface area (Å²) in [4.78, 5) is 0. The number of hydrogen-bond donors (Lipinski definition) is 1. The molecule has 1 heterocycles. The molecule has 4 nitrogen and oxygen atoms in total. The molecule has 4 rings (SSSR count). The van der Waals surface area contributed by atoms with Gasteiger partial charge in [-0.1, -0.05) is 65.8 Å². The molecule has 25 heavy (non-hydrogen) atoms. The maximum atomic E-state index is 10.3. The maximum absolute atomic E-state index is 10.3. The Labute approximate surface area is 153 Å². The molecule has 0 aliphatic rings. The van der Waals surface area contributed by atoms with Crippen molar-refractivity contribution in [3.8, 4) is 17.2 Å². The van der Waals surface area contributed by atoms with Crippen LogP contribution in [0.5, 0.6) is 5.75 Å². The van der Waals surface area contributed by atoms with Crippen molar-refractivity contribution in [2.45, 2.75) is 11.0 Å². The lowest BCUT2D eigenvalue weighted by atomic mass is 10.1. The fourth-order valence-corrected chi connectivity index (χ4v) is 3.58. The summed E-state index contributed by atoms with van der Waals surface area (Å²) in [5.74, 6) is 1.04. The van der Waals surface area contributed by atoms with Gasteiger partial charge >= 0.3 is 0 Å². The highest BCUT2D eigenvalue weighted by atomic mass is 35.5. The number of rotatable bonds is 4. The zero-order valence-electron chi connectivity index (χ0n) is 13.0. The first-order valence-corrected chi connectivity index (χ1v) is 8.99. The number of phenols is 1. The topological polar surface area (TPSA) is 59.2 Å². The molecule has 0 spiro atoms. The Morgan fingerprint density at radius 3 is 2.48 bits per heavy atom. The average molecular weight is 369 g/mol. The van der Waals surface area contributed by atoms with Gasteiger partial charge in [0.2, 0.25) is 0 Å². The van der Waals surface area contributed by atoms with E-state index in [0.717, 1.165) is 16.3 Å². The number of benzene rings is 3. The molecule has 0 radical (unpaired) electrons. The molecule has 124 valence electrons. The first kappa shape index (κ1) is 16.0. The van der Waals surface area contributed by atoms with E-state index in [9.17, 15) is 5.11 Å². The lowest BCUT2D eigenvalue weighted by Gasteiger charge is -2.03. The van der Waals surface area contributed by atoms with E-state index < -0.39 is 0 Å². The fourth-order valence-electron chi connectivity index (χ4n) is 2.53. The Kier molecular flexibility index (Phi) is 4.34. The average Bonchev–Trinajstić information content (AvgIpc) is 3.09. The van der Waals surface area contributed by atoms with Crippen molar-refractivity contribution in [3.05, 3.63) is 71.2 Å². The Hall–Kier alpha value is -2.50. The molecule has 0 atom stereocenters. The molecule has 6 heteroatoms. The van der Waals surface area contributed by atoms with E-state index in [0.29, 0.717) is 27.5 Å². The van der Waals surface area contributed by atoms with Gasteiger partial charge in [-0.05, 0) is 34.5 Å². The van der Waals surface area contributed by atoms with E-state index in [1.807, 2.05) is 54.6 Å². The molecule has 1 aromatic heterocycles. The highest BCUT2D eigenvalue weighted by Gasteiger charge is 2.14. The van der Waals surface area contributed by atoms with Gasteiger partial charge in [0.15, 0.2) is 0 Å². The molecule has 0 amide bonds. The summed E-state index contributed by atoms with van der Waals surface area (Å²) in [5.41, 5.74) is 1.53. The third-order valence-corrected chi connectivity index (χ3v) is 5.05. The predicted molar refractivity (Wildman–Crippen MR) is 99.9 cm³/mol. The Morgan fingerprint density at radius 1 is 0.960 bits per heavy atom. The number of fused-ring (bicyclic) bond motifs is 1. The first-order chi connectivity index (χ1) is 12.2. The van der Waals surface area contributed by atoms with Crippen LogP contribution in [0.2, 0.25) is 5.02 Å². The first-order valence-electron chi connectivity index (χ1n) is 7.62. The number of halogens is 1. The summed E-state index contributed by atoms with van der Waals surface area (Å²) in [6.45, 7) is 0. The number of nitrogens with zero attached hydrogens (tertiary/aromatic N) is 2. The Bertz CT molecular complexity index is 1050. The minimum atomic E-state index is 0.116. The van der Waals surface area contributed by atoms with Gasteiger partial charge in [-0.15, -0.1) is 10.2 Å². The second kappa shape index (κ2) is 6.78. The maximum Gasteiger partial charge on any atom is 0.277 e. The fraction of sp³-hybridized carbons (Fsp3) is 0.0526. The Morgan fingerprint density at radius 2 is 1.68 bits per heavy atom. The SMILES string of the molecule is Oc1cc2ccccc2cc1-c1nnc(SCc2ccccc2Cl)o1. The molecular weight excluding hydrogens is 356 g/mol. The number of hydrogen-bond acceptors (Lipinski definition) is 5. The highest BCUT2D eigenvalue weighted by Crippen LogP contribution is 2.34. The van der Waals surface area contributed by atoms with Crippen molar-refractivity contribution in [2.24, 2.45) is 0 Å². The van der Waals surface area contributed by atoms with E-state index in [1.54, 1.807) is 6.07 Å². The van der Waals surface area contributed by atoms with E-state index in [2.05, 4.69) is 10.2 Å². The largest absolute Gasteiger partial charge is 0.507 e. The van der Waals surface area contributed by atoms with Crippen LogP contribution in [0.25, 0.3) is 22.2 Å². The molecule has 0 unspecified atom stereocenters. The number of thioether (sulfide) groups is 1. The van der Waals surface area contributed by atoms with Crippen molar-refractivity contribution in [2.75, 3.05) is 0 Å². The molecule has 0 fully saturated rings. The summed E-state index contributed by atoms with van der Waals surface area (Å²) >= 11 is 7.56. The highest BCUT2D eigenvalue weighted by molar-refractivity contribution is 7.98. The predicted octanol–water partition coefficient (Wildman–Crippen LogP) is 5.54. The standard InChI is InChI=1S/C19H13ClN2O2S/c20-16-8-4-3-7-14(16)11-25-19-22-21-18(24-19)15-9-12-5-1-2-6-13(12)10-17(15)23/h1-10,23H,11H2. The molecule has 0 saturated heterocycles. The van der Waals surface area contributed by atoms with Crippen molar-refractivity contribution in [3.63, 3.8) is 0 Å². The van der Waals surface area contributed by atoms with E-state index in [4.69, 9.17) is 16.0 Å². The van der Waals surface area contributed by atoms with E-state index in [1.165, 1.54) is 11.8 Å². The van der Waals surface area contributed by atoms with Crippen LogP contribution in [0.1, 0.15) is 5.56 Å². The molecule has 0 bridgehead atoms. The number of aromatic nitrogens is 2. The van der Waals surface area contributed by atoms with Crippen molar-refractivity contribution >= 4 is 34.1 Å². The molecule has 0 saturated carbocycles. The number of aromatic hydroxyl groups is 1. The van der Waals surface area contributed by atoms with Crippen LogP contribution in [0, 0.1) is 0 Å². The molecule has 1 N–H and O–H groups in total. The van der Waals surface area contributed by atoms with Crippen LogP contribution in [0.4, 0.5) is 0 Å². The van der Waals surface area contributed by atoms with Crippen molar-refractivity contribution in [1.29, 1.82) is 0 Å². The minimum Gasteiger partial charge on any atom is -0.507 e. The van der Waals surface area contributed by atoms with Crippen LogP contribution in [-0.2, 0) is 5.75 Å². The van der Waals surface area contributed by atoms with Gasteiger partial charge in [0.25, 0.3) is 11.1 Å². The van der Waals surface area contributed by atoms with E-state index >= 15 is 0 Å². The smallest absolute Gasteiger partial charge is 0.277 e. The zero-order chi connectivity index (χ0) is 17.2. The lowest BCUT2D eigenvalue weighted by molar-refractivity contribution is 0.453. The normalized spacial score (nSPS) is 11.1. The summed E-state index contributed by atoms with van der Waals surface area (Å²) in [6, 6.07) is 19.0.